The Kier molecular flexibility index (Phi) is 5.24. The molecule has 0 aliphatic rings. The number of H-pyrrole nitrogens is 1. The first-order valence-corrected chi connectivity index (χ1v) is 7.30. The van der Waals surface area contributed by atoms with Gasteiger partial charge < -0.3 is 4.90 Å². The predicted molar refractivity (Wildman–Crippen MR) is 80.3 cm³/mol. The number of alkyl halides is 3. The summed E-state index contributed by atoms with van der Waals surface area (Å²) in [6.45, 7) is 3.26. The van der Waals surface area contributed by atoms with Crippen LogP contribution in [0.2, 0.25) is 0 Å². The van der Waals surface area contributed by atoms with Crippen molar-refractivity contribution in [2.24, 2.45) is 0 Å². The third-order valence-corrected chi connectivity index (χ3v) is 3.55. The number of halogens is 4. The third-order valence-electron chi connectivity index (χ3n) is 3.55. The minimum absolute atomic E-state index is 0.0348. The number of benzene rings is 1. The molecular formula is C16H16F4N4. The maximum Gasteiger partial charge on any atom is 0.419 e. The van der Waals surface area contributed by atoms with E-state index in [2.05, 4.69) is 10.2 Å². The highest BCUT2D eigenvalue weighted by Gasteiger charge is 2.35. The molecule has 0 spiro atoms. The van der Waals surface area contributed by atoms with Crippen LogP contribution in [0.5, 0.6) is 0 Å². The number of aromatic amines is 1. The Labute approximate surface area is 136 Å². The quantitative estimate of drug-likeness (QED) is 0.839. The standard InChI is InChI=1S/C16H16F4N4/c1-3-4-24(2)9-11-8-22-23-15(11)12-6-13(16(18,19)20)14(17)5-10(12)7-21/h5-6,8H,3-4,9H2,1-2H3,(H,22,23). The molecule has 2 aromatic rings. The van der Waals surface area contributed by atoms with E-state index in [4.69, 9.17) is 5.26 Å². The van der Waals surface area contributed by atoms with Gasteiger partial charge in [0.25, 0.3) is 0 Å². The zero-order valence-electron chi connectivity index (χ0n) is 13.2. The van der Waals surface area contributed by atoms with Gasteiger partial charge >= 0.3 is 6.18 Å². The number of hydrogen-bond acceptors (Lipinski definition) is 3. The second-order valence-electron chi connectivity index (χ2n) is 5.48. The maximum absolute atomic E-state index is 13.7. The molecule has 1 N–H and O–H groups in total. The molecule has 1 aromatic heterocycles. The molecule has 0 saturated carbocycles. The Morgan fingerprint density at radius 2 is 2.04 bits per heavy atom. The average Bonchev–Trinajstić information content (AvgIpc) is 2.93. The van der Waals surface area contributed by atoms with Crippen molar-refractivity contribution in [2.75, 3.05) is 13.6 Å². The van der Waals surface area contributed by atoms with Crippen LogP contribution in [-0.4, -0.2) is 28.7 Å². The van der Waals surface area contributed by atoms with Crippen LogP contribution < -0.4 is 0 Å². The molecular weight excluding hydrogens is 324 g/mol. The Morgan fingerprint density at radius 1 is 1.33 bits per heavy atom. The fraction of sp³-hybridized carbons (Fsp3) is 0.375. The van der Waals surface area contributed by atoms with Crippen molar-refractivity contribution >= 4 is 0 Å². The number of aromatic nitrogens is 2. The molecule has 4 nitrogen and oxygen atoms in total. The molecule has 0 aliphatic carbocycles. The molecule has 0 atom stereocenters. The Hall–Kier alpha value is -2.40. The van der Waals surface area contributed by atoms with Crippen molar-refractivity contribution in [1.82, 2.24) is 15.1 Å². The SMILES string of the molecule is CCCN(C)Cc1c[nH]nc1-c1cc(C(F)(F)F)c(F)cc1C#N. The largest absolute Gasteiger partial charge is 0.419 e. The summed E-state index contributed by atoms with van der Waals surface area (Å²) in [6, 6.07) is 2.98. The summed E-state index contributed by atoms with van der Waals surface area (Å²) in [6.07, 6.45) is -2.36. The van der Waals surface area contributed by atoms with E-state index in [9.17, 15) is 17.6 Å². The van der Waals surface area contributed by atoms with Crippen LogP contribution in [0.3, 0.4) is 0 Å². The summed E-state index contributed by atoms with van der Waals surface area (Å²) in [5.41, 5.74) is -0.770. The van der Waals surface area contributed by atoms with Gasteiger partial charge in [0.15, 0.2) is 0 Å². The first-order valence-electron chi connectivity index (χ1n) is 7.30. The molecule has 0 fully saturated rings. The van der Waals surface area contributed by atoms with Crippen molar-refractivity contribution in [1.29, 1.82) is 5.26 Å². The predicted octanol–water partition coefficient (Wildman–Crippen LogP) is 3.95. The summed E-state index contributed by atoms with van der Waals surface area (Å²) in [5, 5.41) is 15.7. The lowest BCUT2D eigenvalue weighted by Crippen LogP contribution is -2.18. The smallest absolute Gasteiger partial charge is 0.302 e. The van der Waals surface area contributed by atoms with Crippen LogP contribution in [0.4, 0.5) is 17.6 Å². The number of nitrogens with zero attached hydrogens (tertiary/aromatic N) is 3. The normalized spacial score (nSPS) is 11.8. The molecule has 0 bridgehead atoms. The van der Waals surface area contributed by atoms with E-state index in [0.29, 0.717) is 24.2 Å². The van der Waals surface area contributed by atoms with Gasteiger partial charge in [0.05, 0.1) is 22.9 Å². The summed E-state index contributed by atoms with van der Waals surface area (Å²) in [7, 11) is 1.87. The summed E-state index contributed by atoms with van der Waals surface area (Å²) in [5.74, 6) is -1.47. The molecule has 1 heterocycles. The molecule has 2 rings (SSSR count). The second-order valence-corrected chi connectivity index (χ2v) is 5.48. The molecule has 1 aromatic carbocycles. The highest BCUT2D eigenvalue weighted by atomic mass is 19.4. The van der Waals surface area contributed by atoms with Crippen LogP contribution in [-0.2, 0) is 12.7 Å². The Balaban J connectivity index is 2.53. The van der Waals surface area contributed by atoms with E-state index in [1.807, 2.05) is 18.9 Å². The highest BCUT2D eigenvalue weighted by Crippen LogP contribution is 2.36. The van der Waals surface area contributed by atoms with Gasteiger partial charge in [0, 0.05) is 23.9 Å². The number of hydrogen-bond donors (Lipinski definition) is 1. The number of nitriles is 1. The third kappa shape index (κ3) is 3.74. The first kappa shape index (κ1) is 17.9. The lowest BCUT2D eigenvalue weighted by molar-refractivity contribution is -0.139. The first-order chi connectivity index (χ1) is 11.3. The van der Waals surface area contributed by atoms with Crippen molar-refractivity contribution in [3.63, 3.8) is 0 Å². The monoisotopic (exact) mass is 340 g/mol. The second kappa shape index (κ2) is 7.01. The fourth-order valence-corrected chi connectivity index (χ4v) is 2.50. The molecule has 0 unspecified atom stereocenters. The fourth-order valence-electron chi connectivity index (χ4n) is 2.50. The van der Waals surface area contributed by atoms with Gasteiger partial charge in [0.1, 0.15) is 5.82 Å². The summed E-state index contributed by atoms with van der Waals surface area (Å²) >= 11 is 0. The zero-order chi connectivity index (χ0) is 17.9. The van der Waals surface area contributed by atoms with Gasteiger partial charge in [-0.3, -0.25) is 5.10 Å². The van der Waals surface area contributed by atoms with E-state index in [1.54, 1.807) is 12.3 Å². The molecule has 0 radical (unpaired) electrons. The average molecular weight is 340 g/mol. The Morgan fingerprint density at radius 3 is 2.62 bits per heavy atom. The minimum Gasteiger partial charge on any atom is -0.302 e. The van der Waals surface area contributed by atoms with Gasteiger partial charge in [-0.2, -0.15) is 23.5 Å². The topological polar surface area (TPSA) is 55.7 Å². The Bertz CT molecular complexity index is 758. The van der Waals surface area contributed by atoms with Gasteiger partial charge in [0.2, 0.25) is 0 Å². The summed E-state index contributed by atoms with van der Waals surface area (Å²) < 4.78 is 52.5. The van der Waals surface area contributed by atoms with E-state index < -0.39 is 17.6 Å². The lowest BCUT2D eigenvalue weighted by atomic mass is 9.98. The molecule has 0 amide bonds. The van der Waals surface area contributed by atoms with E-state index >= 15 is 0 Å². The highest BCUT2D eigenvalue weighted by molar-refractivity contribution is 5.71. The van der Waals surface area contributed by atoms with Crippen LogP contribution in [0.25, 0.3) is 11.3 Å². The van der Waals surface area contributed by atoms with E-state index in [0.717, 1.165) is 13.0 Å². The molecule has 24 heavy (non-hydrogen) atoms. The summed E-state index contributed by atoms with van der Waals surface area (Å²) in [4.78, 5) is 1.98. The van der Waals surface area contributed by atoms with Crippen LogP contribution >= 0.6 is 0 Å². The lowest BCUT2D eigenvalue weighted by Gasteiger charge is -2.16. The number of rotatable bonds is 5. The molecule has 128 valence electrons. The van der Waals surface area contributed by atoms with E-state index in [-0.39, 0.29) is 16.8 Å². The minimum atomic E-state index is -4.84. The zero-order valence-corrected chi connectivity index (χ0v) is 13.2. The molecule has 0 aliphatic heterocycles. The van der Waals surface area contributed by atoms with Crippen LogP contribution in [0.1, 0.15) is 30.0 Å². The van der Waals surface area contributed by atoms with Gasteiger partial charge in [-0.15, -0.1) is 0 Å². The van der Waals surface area contributed by atoms with Crippen LogP contribution in [0, 0.1) is 17.1 Å². The maximum atomic E-state index is 13.7. The van der Waals surface area contributed by atoms with E-state index in [1.165, 1.54) is 0 Å². The van der Waals surface area contributed by atoms with Crippen molar-refractivity contribution in [2.45, 2.75) is 26.1 Å². The van der Waals surface area contributed by atoms with Crippen LogP contribution in [0.15, 0.2) is 18.3 Å². The van der Waals surface area contributed by atoms with Crippen molar-refractivity contribution < 1.29 is 17.6 Å². The number of nitrogens with one attached hydrogen (secondary N) is 1. The van der Waals surface area contributed by atoms with Gasteiger partial charge in [-0.1, -0.05) is 6.92 Å². The van der Waals surface area contributed by atoms with Crippen molar-refractivity contribution in [3.8, 4) is 17.3 Å². The van der Waals surface area contributed by atoms with Gasteiger partial charge in [-0.25, -0.2) is 4.39 Å². The molecule has 8 heteroatoms. The molecule has 0 saturated heterocycles. The van der Waals surface area contributed by atoms with Crippen molar-refractivity contribution in [3.05, 3.63) is 40.8 Å². The van der Waals surface area contributed by atoms with Gasteiger partial charge in [-0.05, 0) is 32.1 Å².